The zero-order valence-corrected chi connectivity index (χ0v) is 18.5. The molecule has 0 bridgehead atoms. The third-order valence-electron chi connectivity index (χ3n) is 4.59. The van der Waals surface area contributed by atoms with Crippen LogP contribution in [-0.2, 0) is 14.8 Å². The summed E-state index contributed by atoms with van der Waals surface area (Å²) >= 11 is 7.25. The molecule has 1 aliphatic heterocycles. The Kier molecular flexibility index (Phi) is 5.44. The maximum Gasteiger partial charge on any atom is 0.267 e. The number of nitrogens with one attached hydrogen (secondary N) is 1. The molecule has 2 heterocycles. The molecular weight excluding hydrogens is 444 g/mol. The van der Waals surface area contributed by atoms with Crippen LogP contribution in [0.3, 0.4) is 0 Å². The van der Waals surface area contributed by atoms with Crippen molar-refractivity contribution in [3.8, 4) is 11.3 Å². The maximum absolute atomic E-state index is 12.8. The summed E-state index contributed by atoms with van der Waals surface area (Å²) in [6.07, 6.45) is 1.28. The second-order valence-corrected chi connectivity index (χ2v) is 10.0. The predicted molar refractivity (Wildman–Crippen MR) is 119 cm³/mol. The fourth-order valence-electron chi connectivity index (χ4n) is 3.02. The van der Waals surface area contributed by atoms with Crippen LogP contribution in [0.15, 0.2) is 58.7 Å². The summed E-state index contributed by atoms with van der Waals surface area (Å²) in [6, 6.07) is 12.4. The molecule has 0 saturated carbocycles. The molecule has 0 saturated heterocycles. The van der Waals surface area contributed by atoms with E-state index in [0.717, 1.165) is 17.3 Å². The molecule has 4 rings (SSSR count). The fraction of sp³-hybridized carbons (Fsp3) is 0.150. The number of sulfonamides is 1. The number of aryl methyl sites for hydroxylation is 1. The van der Waals surface area contributed by atoms with Gasteiger partial charge in [0, 0.05) is 23.3 Å². The Bertz CT molecular complexity index is 1250. The Morgan fingerprint density at radius 1 is 1.20 bits per heavy atom. The van der Waals surface area contributed by atoms with Crippen molar-refractivity contribution >= 4 is 50.7 Å². The number of halogens is 1. The Labute approximate surface area is 183 Å². The lowest BCUT2D eigenvalue weighted by molar-refractivity contribution is -0.113. The minimum Gasteiger partial charge on any atom is -0.325 e. The zero-order chi connectivity index (χ0) is 21.5. The van der Waals surface area contributed by atoms with Crippen LogP contribution in [0, 0.1) is 6.92 Å². The Hall–Kier alpha value is -2.62. The number of fused-ring (bicyclic) bond motifs is 3. The van der Waals surface area contributed by atoms with Crippen LogP contribution < -0.4 is 9.62 Å². The first-order chi connectivity index (χ1) is 14.3. The summed E-state index contributed by atoms with van der Waals surface area (Å²) in [4.78, 5) is 20.8. The lowest BCUT2D eigenvalue weighted by atomic mass is 10.1. The van der Waals surface area contributed by atoms with E-state index in [9.17, 15) is 13.2 Å². The highest BCUT2D eigenvalue weighted by molar-refractivity contribution is 7.99. The summed E-state index contributed by atoms with van der Waals surface area (Å²) in [5, 5.41) is 3.58. The fourth-order valence-corrected chi connectivity index (χ4v) is 5.11. The molecule has 0 radical (unpaired) electrons. The molecule has 1 aliphatic rings. The van der Waals surface area contributed by atoms with Crippen LogP contribution in [0.2, 0.25) is 5.02 Å². The lowest BCUT2D eigenvalue weighted by Crippen LogP contribution is -2.31. The smallest absolute Gasteiger partial charge is 0.267 e. The third-order valence-corrected chi connectivity index (χ3v) is 7.46. The van der Waals surface area contributed by atoms with Crippen molar-refractivity contribution in [2.45, 2.75) is 17.0 Å². The van der Waals surface area contributed by atoms with Gasteiger partial charge in [0.1, 0.15) is 4.90 Å². The van der Waals surface area contributed by atoms with Crippen molar-refractivity contribution in [3.05, 3.63) is 59.2 Å². The summed E-state index contributed by atoms with van der Waals surface area (Å²) in [6.45, 7) is 1.97. The molecule has 0 atom stereocenters. The van der Waals surface area contributed by atoms with Crippen LogP contribution in [0.1, 0.15) is 5.56 Å². The van der Waals surface area contributed by atoms with E-state index >= 15 is 0 Å². The average Bonchev–Trinajstić information content (AvgIpc) is 2.72. The highest BCUT2D eigenvalue weighted by Gasteiger charge is 2.34. The minimum absolute atomic E-state index is 0.00761. The Morgan fingerprint density at radius 3 is 2.67 bits per heavy atom. The molecule has 30 heavy (non-hydrogen) atoms. The van der Waals surface area contributed by atoms with Gasteiger partial charge in [0.05, 0.1) is 23.3 Å². The summed E-state index contributed by atoms with van der Waals surface area (Å²) in [5.74, 6) is -0.122. The highest BCUT2D eigenvalue weighted by atomic mass is 35.5. The van der Waals surface area contributed by atoms with Gasteiger partial charge < -0.3 is 5.32 Å². The van der Waals surface area contributed by atoms with Gasteiger partial charge in [0.15, 0.2) is 5.16 Å². The van der Waals surface area contributed by atoms with Crippen molar-refractivity contribution in [1.29, 1.82) is 0 Å². The number of carbonyl (C=O) groups is 1. The van der Waals surface area contributed by atoms with Gasteiger partial charge in [-0.3, -0.25) is 9.10 Å². The summed E-state index contributed by atoms with van der Waals surface area (Å²) in [5.41, 5.74) is 3.17. The van der Waals surface area contributed by atoms with Crippen molar-refractivity contribution in [2.75, 3.05) is 22.4 Å². The SMILES string of the molecule is Cc1ccc(NC(=O)CSc2ncc3c(n2)-c2cc(Cl)ccc2N(C)S3(=O)=O)cc1. The molecule has 0 unspecified atom stereocenters. The van der Waals surface area contributed by atoms with E-state index in [4.69, 9.17) is 11.6 Å². The van der Waals surface area contributed by atoms with E-state index in [1.165, 1.54) is 17.5 Å². The number of hydrogen-bond acceptors (Lipinski definition) is 6. The van der Waals surface area contributed by atoms with Gasteiger partial charge in [-0.2, -0.15) is 0 Å². The molecule has 2 aromatic carbocycles. The Morgan fingerprint density at radius 2 is 1.93 bits per heavy atom. The second kappa shape index (κ2) is 7.90. The topological polar surface area (TPSA) is 92.3 Å². The number of rotatable bonds is 4. The van der Waals surface area contributed by atoms with Gasteiger partial charge in [-0.25, -0.2) is 18.4 Å². The summed E-state index contributed by atoms with van der Waals surface area (Å²) in [7, 11) is -2.29. The number of hydrogen-bond donors (Lipinski definition) is 1. The molecule has 1 N–H and O–H groups in total. The number of thioether (sulfide) groups is 1. The number of nitrogens with zero attached hydrogens (tertiary/aromatic N) is 3. The van der Waals surface area contributed by atoms with Gasteiger partial charge in [0.25, 0.3) is 10.0 Å². The third kappa shape index (κ3) is 3.88. The largest absolute Gasteiger partial charge is 0.325 e. The standard InChI is InChI=1S/C20H17ClN4O3S2/c1-12-3-6-14(7-4-12)23-18(26)11-29-20-22-10-17-19(24-20)15-9-13(21)5-8-16(15)25(2)30(17,27)28/h3-10H,11H2,1-2H3,(H,23,26). The number of aromatic nitrogens is 2. The van der Waals surface area contributed by atoms with E-state index in [-0.39, 0.29) is 22.2 Å². The van der Waals surface area contributed by atoms with Crippen LogP contribution >= 0.6 is 23.4 Å². The van der Waals surface area contributed by atoms with E-state index in [1.807, 2.05) is 31.2 Å². The molecule has 0 aliphatic carbocycles. The quantitative estimate of drug-likeness (QED) is 0.467. The number of benzene rings is 2. The highest BCUT2D eigenvalue weighted by Crippen LogP contribution is 2.42. The monoisotopic (exact) mass is 460 g/mol. The molecule has 154 valence electrons. The second-order valence-electron chi connectivity index (χ2n) is 6.70. The lowest BCUT2D eigenvalue weighted by Gasteiger charge is -2.28. The van der Waals surface area contributed by atoms with Crippen LogP contribution in [-0.4, -0.2) is 37.1 Å². The van der Waals surface area contributed by atoms with E-state index in [1.54, 1.807) is 18.2 Å². The van der Waals surface area contributed by atoms with Crippen LogP contribution in [0.25, 0.3) is 11.3 Å². The average molecular weight is 461 g/mol. The van der Waals surface area contributed by atoms with Gasteiger partial charge >= 0.3 is 0 Å². The van der Waals surface area contributed by atoms with Crippen molar-refractivity contribution < 1.29 is 13.2 Å². The van der Waals surface area contributed by atoms with Crippen molar-refractivity contribution in [2.24, 2.45) is 0 Å². The van der Waals surface area contributed by atoms with Gasteiger partial charge in [-0.1, -0.05) is 41.1 Å². The maximum atomic E-state index is 12.8. The van der Waals surface area contributed by atoms with Gasteiger partial charge in [-0.05, 0) is 37.3 Å². The van der Waals surface area contributed by atoms with E-state index < -0.39 is 10.0 Å². The normalized spacial score (nSPS) is 14.0. The molecule has 3 aromatic rings. The molecule has 1 aromatic heterocycles. The minimum atomic E-state index is -3.76. The first-order valence-electron chi connectivity index (χ1n) is 8.91. The predicted octanol–water partition coefficient (Wildman–Crippen LogP) is 3.97. The molecule has 10 heteroatoms. The molecule has 1 amide bonds. The number of amides is 1. The first-order valence-corrected chi connectivity index (χ1v) is 11.7. The molecule has 0 fully saturated rings. The van der Waals surface area contributed by atoms with E-state index in [2.05, 4.69) is 15.3 Å². The van der Waals surface area contributed by atoms with Gasteiger partial charge in [0.2, 0.25) is 5.91 Å². The first kappa shape index (κ1) is 20.6. The molecule has 0 spiro atoms. The number of carbonyl (C=O) groups excluding carboxylic acids is 1. The van der Waals surface area contributed by atoms with Crippen LogP contribution in [0.5, 0.6) is 0 Å². The van der Waals surface area contributed by atoms with E-state index in [0.29, 0.717) is 27.1 Å². The summed E-state index contributed by atoms with van der Waals surface area (Å²) < 4.78 is 26.8. The van der Waals surface area contributed by atoms with Crippen molar-refractivity contribution in [3.63, 3.8) is 0 Å². The zero-order valence-electron chi connectivity index (χ0n) is 16.1. The number of anilines is 2. The van der Waals surface area contributed by atoms with Crippen LogP contribution in [0.4, 0.5) is 11.4 Å². The van der Waals surface area contributed by atoms with Gasteiger partial charge in [-0.15, -0.1) is 0 Å². The van der Waals surface area contributed by atoms with Crippen molar-refractivity contribution in [1.82, 2.24) is 9.97 Å². The molecule has 7 nitrogen and oxygen atoms in total. The Balaban J connectivity index is 1.58. The molecular formula is C20H17ClN4O3S2.